The molecule has 1 aliphatic rings. The molecule has 0 atom stereocenters. The lowest BCUT2D eigenvalue weighted by Gasteiger charge is -1.98. The number of nitrogens with zero attached hydrogens (tertiary/aromatic N) is 4. The standard InChI is InChI=1S/C5H3IN5/c6-5-10-3(7)2-4(11-5)9-1-8-2/h1H,(H2,7,10,11). The third-order valence-electron chi connectivity index (χ3n) is 1.23. The zero-order valence-electron chi connectivity index (χ0n) is 5.32. The summed E-state index contributed by atoms with van der Waals surface area (Å²) >= 11 is 1.98. The van der Waals surface area contributed by atoms with Crippen LogP contribution in [0.3, 0.4) is 0 Å². The van der Waals surface area contributed by atoms with Gasteiger partial charge in [-0.15, -0.1) is 0 Å². The van der Waals surface area contributed by atoms with Crippen LogP contribution in [0.2, 0.25) is 0 Å². The minimum Gasteiger partial charge on any atom is -0.382 e. The van der Waals surface area contributed by atoms with Crippen molar-refractivity contribution in [1.82, 2.24) is 15.3 Å². The largest absolute Gasteiger partial charge is 0.382 e. The fourth-order valence-corrected chi connectivity index (χ4v) is 1.28. The molecule has 5 nitrogen and oxygen atoms in total. The lowest BCUT2D eigenvalue weighted by molar-refractivity contribution is 1.08. The number of rotatable bonds is 0. The van der Waals surface area contributed by atoms with E-state index in [1.54, 1.807) is 0 Å². The fourth-order valence-electron chi connectivity index (χ4n) is 0.787. The summed E-state index contributed by atoms with van der Waals surface area (Å²) < 4.78 is 0.591. The lowest BCUT2D eigenvalue weighted by Crippen LogP contribution is -1.98. The molecule has 0 fully saturated rings. The highest BCUT2D eigenvalue weighted by molar-refractivity contribution is 14.1. The van der Waals surface area contributed by atoms with Gasteiger partial charge >= 0.3 is 0 Å². The predicted molar refractivity (Wildman–Crippen MR) is 49.1 cm³/mol. The van der Waals surface area contributed by atoms with Crippen molar-refractivity contribution in [1.29, 1.82) is 0 Å². The molecule has 1 aliphatic heterocycles. The Morgan fingerprint density at radius 1 is 1.36 bits per heavy atom. The van der Waals surface area contributed by atoms with Gasteiger partial charge in [-0.3, -0.25) is 0 Å². The molecule has 1 aromatic rings. The van der Waals surface area contributed by atoms with Gasteiger partial charge in [0.1, 0.15) is 6.34 Å². The van der Waals surface area contributed by atoms with Gasteiger partial charge in [0.15, 0.2) is 21.2 Å². The Kier molecular flexibility index (Phi) is 1.41. The van der Waals surface area contributed by atoms with E-state index < -0.39 is 0 Å². The van der Waals surface area contributed by atoms with Gasteiger partial charge in [0.25, 0.3) is 0 Å². The Balaban J connectivity index is 2.67. The first-order valence-corrected chi connectivity index (χ1v) is 3.91. The minimum atomic E-state index is 0.386. The van der Waals surface area contributed by atoms with Crippen LogP contribution in [0.15, 0.2) is 4.99 Å². The van der Waals surface area contributed by atoms with Crippen LogP contribution >= 0.6 is 22.6 Å². The number of nitrogens with two attached hydrogens (primary N) is 1. The van der Waals surface area contributed by atoms with E-state index in [4.69, 9.17) is 5.73 Å². The van der Waals surface area contributed by atoms with Gasteiger partial charge in [-0.2, -0.15) is 0 Å². The molecular formula is C5H3IN5. The zero-order valence-corrected chi connectivity index (χ0v) is 7.48. The van der Waals surface area contributed by atoms with Crippen molar-refractivity contribution in [2.75, 3.05) is 5.73 Å². The molecule has 6 heteroatoms. The van der Waals surface area contributed by atoms with Crippen LogP contribution in [0, 0.1) is 3.83 Å². The van der Waals surface area contributed by atoms with Crippen molar-refractivity contribution in [3.8, 4) is 0 Å². The smallest absolute Gasteiger partial charge is 0.194 e. The van der Waals surface area contributed by atoms with Gasteiger partial charge < -0.3 is 5.73 Å². The van der Waals surface area contributed by atoms with Gasteiger partial charge in [0.05, 0.1) is 0 Å². The van der Waals surface area contributed by atoms with Crippen LogP contribution < -0.4 is 11.1 Å². The number of fused-ring (bicyclic) bond motifs is 1. The quantitative estimate of drug-likeness (QED) is 0.547. The number of hydrogen-bond acceptors (Lipinski definition) is 4. The van der Waals surface area contributed by atoms with E-state index in [9.17, 15) is 0 Å². The molecule has 55 valence electrons. The fraction of sp³-hybridized carbons (Fsp3) is 0. The van der Waals surface area contributed by atoms with E-state index in [0.717, 1.165) is 0 Å². The van der Waals surface area contributed by atoms with E-state index in [0.29, 0.717) is 21.2 Å². The Bertz CT molecular complexity index is 334. The summed E-state index contributed by atoms with van der Waals surface area (Å²) in [5.41, 5.74) is 6.12. The third-order valence-corrected chi connectivity index (χ3v) is 1.71. The number of aliphatic imine (C=N–C) groups is 1. The Hall–Kier alpha value is -0.920. The Morgan fingerprint density at radius 2 is 2.18 bits per heavy atom. The highest BCUT2D eigenvalue weighted by Gasteiger charge is 2.14. The van der Waals surface area contributed by atoms with Gasteiger partial charge in [0.2, 0.25) is 0 Å². The summed E-state index contributed by atoms with van der Waals surface area (Å²) in [6.07, 6.45) is 1.42. The molecule has 0 amide bonds. The van der Waals surface area contributed by atoms with E-state index in [2.05, 4.69) is 20.3 Å². The molecule has 0 spiro atoms. The average molecular weight is 260 g/mol. The molecule has 0 saturated carbocycles. The monoisotopic (exact) mass is 260 g/mol. The topological polar surface area (TPSA) is 78.3 Å². The third kappa shape index (κ3) is 1.02. The highest BCUT2D eigenvalue weighted by Crippen LogP contribution is 2.31. The summed E-state index contributed by atoms with van der Waals surface area (Å²) in [5, 5.41) is 3.89. The van der Waals surface area contributed by atoms with Crippen molar-refractivity contribution >= 4 is 46.3 Å². The Morgan fingerprint density at radius 3 is 3.00 bits per heavy atom. The van der Waals surface area contributed by atoms with E-state index in [1.807, 2.05) is 22.6 Å². The molecule has 0 aromatic carbocycles. The molecule has 1 aromatic heterocycles. The molecule has 0 aliphatic carbocycles. The van der Waals surface area contributed by atoms with Gasteiger partial charge in [-0.25, -0.2) is 20.3 Å². The maximum Gasteiger partial charge on any atom is 0.194 e. The second-order valence-corrected chi connectivity index (χ2v) is 2.89. The van der Waals surface area contributed by atoms with Gasteiger partial charge in [0, 0.05) is 22.6 Å². The van der Waals surface area contributed by atoms with E-state index in [1.165, 1.54) is 6.34 Å². The highest BCUT2D eigenvalue weighted by atomic mass is 127. The van der Waals surface area contributed by atoms with Crippen molar-refractivity contribution in [3.63, 3.8) is 0 Å². The molecule has 2 heterocycles. The summed E-state index contributed by atoms with van der Waals surface area (Å²) in [6, 6.07) is 0. The zero-order chi connectivity index (χ0) is 7.84. The average Bonchev–Trinajstić information content (AvgIpc) is 2.34. The van der Waals surface area contributed by atoms with Crippen molar-refractivity contribution in [3.05, 3.63) is 3.83 Å². The second-order valence-electron chi connectivity index (χ2n) is 1.92. The van der Waals surface area contributed by atoms with Crippen LogP contribution in [0.5, 0.6) is 0 Å². The maximum atomic E-state index is 5.54. The van der Waals surface area contributed by atoms with Crippen molar-refractivity contribution < 1.29 is 0 Å². The minimum absolute atomic E-state index is 0.386. The predicted octanol–water partition coefficient (Wildman–Crippen LogP) is 0.573. The molecule has 1 radical (unpaired) electrons. The maximum absolute atomic E-state index is 5.54. The molecule has 0 saturated heterocycles. The van der Waals surface area contributed by atoms with Crippen LogP contribution in [-0.2, 0) is 0 Å². The summed E-state index contributed by atoms with van der Waals surface area (Å²) in [6.45, 7) is 0. The number of hydrogen-bond donors (Lipinski definition) is 1. The van der Waals surface area contributed by atoms with Crippen LogP contribution in [0.25, 0.3) is 0 Å². The first kappa shape index (κ1) is 6.77. The summed E-state index contributed by atoms with van der Waals surface area (Å²) in [7, 11) is 0. The molecule has 11 heavy (non-hydrogen) atoms. The molecule has 0 unspecified atom stereocenters. The Labute approximate surface area is 76.3 Å². The molecule has 2 N–H and O–H groups in total. The molecule has 0 bridgehead atoms. The number of halogens is 1. The number of aromatic nitrogens is 2. The molecular weight excluding hydrogens is 257 g/mol. The SMILES string of the molecule is Nc1nc(I)nc2c1N=C[N]2. The van der Waals surface area contributed by atoms with E-state index >= 15 is 0 Å². The van der Waals surface area contributed by atoms with Gasteiger partial charge in [-0.05, 0) is 0 Å². The van der Waals surface area contributed by atoms with Crippen molar-refractivity contribution in [2.24, 2.45) is 4.99 Å². The summed E-state index contributed by atoms with van der Waals surface area (Å²) in [5.74, 6) is 0.943. The van der Waals surface area contributed by atoms with Crippen LogP contribution in [0.1, 0.15) is 0 Å². The van der Waals surface area contributed by atoms with Crippen LogP contribution in [-0.4, -0.2) is 16.3 Å². The normalized spacial score (nSPS) is 12.8. The number of nitrogen functional groups attached to an aromatic ring is 1. The van der Waals surface area contributed by atoms with E-state index in [-0.39, 0.29) is 0 Å². The first-order chi connectivity index (χ1) is 5.27. The first-order valence-electron chi connectivity index (χ1n) is 2.84. The van der Waals surface area contributed by atoms with Crippen molar-refractivity contribution in [2.45, 2.75) is 0 Å². The van der Waals surface area contributed by atoms with Gasteiger partial charge in [-0.1, -0.05) is 0 Å². The lowest BCUT2D eigenvalue weighted by atomic mass is 10.4. The summed E-state index contributed by atoms with van der Waals surface area (Å²) in [4.78, 5) is 11.8. The van der Waals surface area contributed by atoms with Crippen LogP contribution in [0.4, 0.5) is 17.3 Å². The second kappa shape index (κ2) is 2.29. The molecule has 2 rings (SSSR count). The number of anilines is 1.